The van der Waals surface area contributed by atoms with Crippen LogP contribution in [-0.2, 0) is 0 Å². The minimum atomic E-state index is 0.0815. The van der Waals surface area contributed by atoms with Gasteiger partial charge in [-0.05, 0) is 20.0 Å². The minimum absolute atomic E-state index is 0.0815. The monoisotopic (exact) mass is 331 g/mol. The lowest BCUT2D eigenvalue weighted by Crippen LogP contribution is -2.49. The zero-order chi connectivity index (χ0) is 16.4. The van der Waals surface area contributed by atoms with Crippen LogP contribution in [0.2, 0.25) is 0 Å². The van der Waals surface area contributed by atoms with E-state index in [1.807, 2.05) is 30.0 Å². The topological polar surface area (TPSA) is 45.7 Å². The van der Waals surface area contributed by atoms with E-state index in [1.165, 1.54) is 11.3 Å². The van der Waals surface area contributed by atoms with E-state index >= 15 is 0 Å². The van der Waals surface area contributed by atoms with Gasteiger partial charge < -0.3 is 9.64 Å². The zero-order valence-electron chi connectivity index (χ0n) is 13.7. The Morgan fingerprint density at radius 1 is 1.35 bits per heavy atom. The molecule has 0 saturated carbocycles. The van der Waals surface area contributed by atoms with Crippen LogP contribution in [0.4, 0.5) is 0 Å². The predicted octanol–water partition coefficient (Wildman–Crippen LogP) is 2.59. The molecule has 1 aromatic heterocycles. The van der Waals surface area contributed by atoms with Crippen molar-refractivity contribution in [2.75, 3.05) is 33.8 Å². The van der Waals surface area contributed by atoms with Crippen molar-refractivity contribution in [1.82, 2.24) is 14.8 Å². The maximum atomic E-state index is 12.8. The Morgan fingerprint density at radius 2 is 2.13 bits per heavy atom. The number of ether oxygens (including phenoxy) is 1. The largest absolute Gasteiger partial charge is 0.496 e. The third-order valence-electron chi connectivity index (χ3n) is 4.37. The Labute approximate surface area is 140 Å². The molecular weight excluding hydrogens is 310 g/mol. The summed E-state index contributed by atoms with van der Waals surface area (Å²) < 4.78 is 5.50. The molecule has 1 aromatic carbocycles. The standard InChI is InChI=1S/C17H21N3O2S/c1-12-16(23-11-18-12)17(21)20-9-8-19(2)14(10-20)13-6-4-5-7-15(13)22-3/h4-7,11,14H,8-10H2,1-3H3. The van der Waals surface area contributed by atoms with Gasteiger partial charge in [0.2, 0.25) is 0 Å². The lowest BCUT2D eigenvalue weighted by atomic mass is 10.0. The Balaban J connectivity index is 1.85. The van der Waals surface area contributed by atoms with Crippen molar-refractivity contribution >= 4 is 17.2 Å². The highest BCUT2D eigenvalue weighted by molar-refractivity contribution is 7.11. The Hall–Kier alpha value is -1.92. The van der Waals surface area contributed by atoms with Gasteiger partial charge in [-0.1, -0.05) is 18.2 Å². The van der Waals surface area contributed by atoms with Crippen LogP contribution < -0.4 is 4.74 Å². The van der Waals surface area contributed by atoms with E-state index in [0.29, 0.717) is 6.54 Å². The summed E-state index contributed by atoms with van der Waals surface area (Å²) in [6, 6.07) is 8.16. The third-order valence-corrected chi connectivity index (χ3v) is 5.29. The number of hydrogen-bond donors (Lipinski definition) is 0. The molecule has 1 aliphatic rings. The number of hydrogen-bond acceptors (Lipinski definition) is 5. The van der Waals surface area contributed by atoms with E-state index in [2.05, 4.69) is 23.0 Å². The normalized spacial score (nSPS) is 18.9. The average molecular weight is 331 g/mol. The molecule has 122 valence electrons. The molecule has 2 heterocycles. The molecule has 1 aliphatic heterocycles. The number of thiazole rings is 1. The molecule has 0 bridgehead atoms. The first-order valence-corrected chi connectivity index (χ1v) is 8.52. The first kappa shape index (κ1) is 16.0. The average Bonchev–Trinajstić information content (AvgIpc) is 3.00. The second-order valence-electron chi connectivity index (χ2n) is 5.76. The van der Waals surface area contributed by atoms with Gasteiger partial charge in [0.25, 0.3) is 5.91 Å². The van der Waals surface area contributed by atoms with Crippen LogP contribution in [0.15, 0.2) is 29.8 Å². The molecule has 5 nitrogen and oxygen atoms in total. The Bertz CT molecular complexity index is 701. The molecule has 0 spiro atoms. The van der Waals surface area contributed by atoms with Gasteiger partial charge in [-0.3, -0.25) is 9.69 Å². The smallest absolute Gasteiger partial charge is 0.265 e. The number of piperazine rings is 1. The van der Waals surface area contributed by atoms with Gasteiger partial charge in [0, 0.05) is 25.2 Å². The molecule has 1 unspecified atom stereocenters. The lowest BCUT2D eigenvalue weighted by Gasteiger charge is -2.40. The summed E-state index contributed by atoms with van der Waals surface area (Å²) in [5, 5.41) is 0. The molecule has 23 heavy (non-hydrogen) atoms. The van der Waals surface area contributed by atoms with Crippen LogP contribution in [-0.4, -0.2) is 54.5 Å². The van der Waals surface area contributed by atoms with Crippen molar-refractivity contribution in [3.8, 4) is 5.75 Å². The first-order chi connectivity index (χ1) is 11.1. The number of likely N-dealkylation sites (N-methyl/N-ethyl adjacent to an activating group) is 1. The van der Waals surface area contributed by atoms with Crippen molar-refractivity contribution in [1.29, 1.82) is 0 Å². The number of para-hydroxylation sites is 1. The number of nitrogens with zero attached hydrogens (tertiary/aromatic N) is 3. The molecule has 6 heteroatoms. The van der Waals surface area contributed by atoms with Crippen molar-refractivity contribution in [3.63, 3.8) is 0 Å². The molecule has 0 aliphatic carbocycles. The summed E-state index contributed by atoms with van der Waals surface area (Å²) in [6.07, 6.45) is 0. The molecule has 1 amide bonds. The number of methoxy groups -OCH3 is 1. The molecule has 2 aromatic rings. The summed E-state index contributed by atoms with van der Waals surface area (Å²) in [4.78, 5) is 21.9. The van der Waals surface area contributed by atoms with Gasteiger partial charge in [0.05, 0.1) is 24.4 Å². The summed E-state index contributed by atoms with van der Waals surface area (Å²) >= 11 is 1.42. The molecule has 3 rings (SSSR count). The predicted molar refractivity (Wildman–Crippen MR) is 91.1 cm³/mol. The summed E-state index contributed by atoms with van der Waals surface area (Å²) in [5.74, 6) is 0.950. The number of amides is 1. The van der Waals surface area contributed by atoms with Gasteiger partial charge in [-0.15, -0.1) is 11.3 Å². The molecule has 0 radical (unpaired) electrons. The van der Waals surface area contributed by atoms with Crippen molar-refractivity contribution in [2.24, 2.45) is 0 Å². The number of rotatable bonds is 3. The van der Waals surface area contributed by atoms with E-state index in [-0.39, 0.29) is 11.9 Å². The molecule has 1 atom stereocenters. The van der Waals surface area contributed by atoms with E-state index in [4.69, 9.17) is 4.74 Å². The van der Waals surface area contributed by atoms with Crippen LogP contribution >= 0.6 is 11.3 Å². The summed E-state index contributed by atoms with van der Waals surface area (Å²) in [6.45, 7) is 4.12. The third kappa shape index (κ3) is 3.09. The summed E-state index contributed by atoms with van der Waals surface area (Å²) in [7, 11) is 3.78. The van der Waals surface area contributed by atoms with E-state index in [9.17, 15) is 4.79 Å². The van der Waals surface area contributed by atoms with Crippen molar-refractivity contribution < 1.29 is 9.53 Å². The second-order valence-corrected chi connectivity index (χ2v) is 6.61. The highest BCUT2D eigenvalue weighted by Gasteiger charge is 2.31. The molecule has 1 fully saturated rings. The fraction of sp³-hybridized carbons (Fsp3) is 0.412. The maximum absolute atomic E-state index is 12.8. The number of aromatic nitrogens is 1. The van der Waals surface area contributed by atoms with Gasteiger partial charge in [0.15, 0.2) is 0 Å². The number of carbonyl (C=O) groups excluding carboxylic acids is 1. The Morgan fingerprint density at radius 3 is 2.83 bits per heavy atom. The van der Waals surface area contributed by atoms with Crippen molar-refractivity contribution in [3.05, 3.63) is 45.9 Å². The molecular formula is C17H21N3O2S. The fourth-order valence-electron chi connectivity index (χ4n) is 2.99. The molecule has 0 N–H and O–H groups in total. The van der Waals surface area contributed by atoms with Crippen LogP contribution in [0.25, 0.3) is 0 Å². The number of benzene rings is 1. The molecule has 1 saturated heterocycles. The second kappa shape index (κ2) is 6.68. The first-order valence-electron chi connectivity index (χ1n) is 7.64. The SMILES string of the molecule is COc1ccccc1C1CN(C(=O)c2scnc2C)CCN1C. The fourth-order valence-corrected chi connectivity index (χ4v) is 3.76. The number of aryl methyl sites for hydroxylation is 1. The van der Waals surface area contributed by atoms with E-state index in [1.54, 1.807) is 12.6 Å². The quantitative estimate of drug-likeness (QED) is 0.867. The highest BCUT2D eigenvalue weighted by Crippen LogP contribution is 2.32. The minimum Gasteiger partial charge on any atom is -0.496 e. The van der Waals surface area contributed by atoms with Crippen molar-refractivity contribution in [2.45, 2.75) is 13.0 Å². The van der Waals surface area contributed by atoms with Crippen LogP contribution in [0, 0.1) is 6.92 Å². The number of carbonyl (C=O) groups is 1. The van der Waals surface area contributed by atoms with Gasteiger partial charge >= 0.3 is 0 Å². The van der Waals surface area contributed by atoms with Gasteiger partial charge in [-0.25, -0.2) is 4.98 Å². The summed E-state index contributed by atoms with van der Waals surface area (Å²) in [5.41, 5.74) is 3.67. The zero-order valence-corrected chi connectivity index (χ0v) is 14.5. The highest BCUT2D eigenvalue weighted by atomic mass is 32.1. The van der Waals surface area contributed by atoms with Crippen LogP contribution in [0.5, 0.6) is 5.75 Å². The van der Waals surface area contributed by atoms with E-state index < -0.39 is 0 Å². The van der Waals surface area contributed by atoms with E-state index in [0.717, 1.165) is 35.0 Å². The lowest BCUT2D eigenvalue weighted by molar-refractivity contribution is 0.0546. The Kier molecular flexibility index (Phi) is 4.63. The van der Waals surface area contributed by atoms with Gasteiger partial charge in [-0.2, -0.15) is 0 Å². The maximum Gasteiger partial charge on any atom is 0.265 e. The van der Waals surface area contributed by atoms with Crippen LogP contribution in [0.1, 0.15) is 27.0 Å². The van der Waals surface area contributed by atoms with Gasteiger partial charge in [0.1, 0.15) is 10.6 Å². The van der Waals surface area contributed by atoms with Crippen LogP contribution in [0.3, 0.4) is 0 Å².